The van der Waals surface area contributed by atoms with Crippen molar-refractivity contribution in [3.8, 4) is 0 Å². The minimum Gasteiger partial charge on any atom is -0.338 e. The highest BCUT2D eigenvalue weighted by molar-refractivity contribution is 6.30. The van der Waals surface area contributed by atoms with Crippen LogP contribution in [-0.4, -0.2) is 18.6 Å². The topological polar surface area (TPSA) is 41.1 Å². The van der Waals surface area contributed by atoms with Crippen molar-refractivity contribution in [1.82, 2.24) is 10.6 Å². The van der Waals surface area contributed by atoms with E-state index in [0.717, 1.165) is 24.3 Å². The summed E-state index contributed by atoms with van der Waals surface area (Å²) < 4.78 is 0. The predicted octanol–water partition coefficient (Wildman–Crippen LogP) is 5.08. The smallest absolute Gasteiger partial charge is 0.315 e. The van der Waals surface area contributed by atoms with Gasteiger partial charge in [-0.15, -0.1) is 0 Å². The Kier molecular flexibility index (Phi) is 5.98. The lowest BCUT2D eigenvalue weighted by Gasteiger charge is -2.36. The fourth-order valence-electron chi connectivity index (χ4n) is 3.33. The zero-order valence-electron chi connectivity index (χ0n) is 14.5. The van der Waals surface area contributed by atoms with Crippen LogP contribution in [-0.2, 0) is 0 Å². The zero-order valence-corrected chi connectivity index (χ0v) is 15.3. The van der Waals surface area contributed by atoms with Crippen molar-refractivity contribution < 1.29 is 4.79 Å². The molecule has 0 saturated heterocycles. The number of carbonyl (C=O) groups is 1. The summed E-state index contributed by atoms with van der Waals surface area (Å²) in [5.41, 5.74) is 2.62. The molecule has 1 atom stereocenters. The van der Waals surface area contributed by atoms with Gasteiger partial charge in [-0.2, -0.15) is 0 Å². The maximum atomic E-state index is 12.0. The number of halogens is 1. The molecule has 0 aromatic heterocycles. The van der Waals surface area contributed by atoms with Crippen LogP contribution >= 0.6 is 11.6 Å². The molecular weight excluding hydrogens is 332 g/mol. The molecule has 1 unspecified atom stereocenters. The van der Waals surface area contributed by atoms with Gasteiger partial charge in [0, 0.05) is 17.6 Å². The van der Waals surface area contributed by atoms with Crippen molar-refractivity contribution in [3.05, 3.63) is 70.7 Å². The van der Waals surface area contributed by atoms with Crippen LogP contribution in [0.25, 0.3) is 0 Å². The predicted molar refractivity (Wildman–Crippen MR) is 103 cm³/mol. The molecule has 0 heterocycles. The van der Waals surface area contributed by atoms with E-state index in [0.29, 0.717) is 18.4 Å². The molecule has 3 rings (SSSR count). The fourth-order valence-corrected chi connectivity index (χ4v) is 3.46. The Morgan fingerprint density at radius 3 is 2.48 bits per heavy atom. The van der Waals surface area contributed by atoms with E-state index < -0.39 is 0 Å². The van der Waals surface area contributed by atoms with Gasteiger partial charge >= 0.3 is 6.03 Å². The minimum absolute atomic E-state index is 0.0557. The molecule has 0 bridgehead atoms. The molecule has 2 aromatic rings. The molecule has 4 heteroatoms. The number of nitrogens with one attached hydrogen (secondary N) is 2. The highest BCUT2D eigenvalue weighted by atomic mass is 35.5. The third kappa shape index (κ3) is 4.99. The number of rotatable bonds is 6. The first-order valence-electron chi connectivity index (χ1n) is 8.96. The molecule has 2 amide bonds. The van der Waals surface area contributed by atoms with Gasteiger partial charge in [0.05, 0.1) is 0 Å². The van der Waals surface area contributed by atoms with Crippen molar-refractivity contribution in [2.24, 2.45) is 0 Å². The van der Waals surface area contributed by atoms with E-state index in [9.17, 15) is 4.79 Å². The second-order valence-electron chi connectivity index (χ2n) is 6.92. The van der Waals surface area contributed by atoms with Crippen molar-refractivity contribution >= 4 is 17.6 Å². The normalized spacial score (nSPS) is 20.4. The Hall–Kier alpha value is -2.00. The lowest BCUT2D eigenvalue weighted by atomic mass is 9.76. The van der Waals surface area contributed by atoms with E-state index in [2.05, 4.69) is 54.0 Å². The third-order valence-corrected chi connectivity index (χ3v) is 5.30. The molecule has 25 heavy (non-hydrogen) atoms. The van der Waals surface area contributed by atoms with Gasteiger partial charge < -0.3 is 10.6 Å². The van der Waals surface area contributed by atoms with Crippen LogP contribution in [0.1, 0.15) is 49.1 Å². The van der Waals surface area contributed by atoms with Crippen LogP contribution in [0.15, 0.2) is 54.6 Å². The molecule has 2 N–H and O–H groups in total. The first-order chi connectivity index (χ1) is 12.1. The monoisotopic (exact) mass is 356 g/mol. The molecule has 0 radical (unpaired) electrons. The number of hydrogen-bond donors (Lipinski definition) is 2. The Labute approximate surface area is 154 Å². The molecule has 0 aliphatic heterocycles. The fraction of sp³-hybridized carbons (Fsp3) is 0.381. The van der Waals surface area contributed by atoms with Gasteiger partial charge in [-0.1, -0.05) is 61.0 Å². The first-order valence-corrected chi connectivity index (χ1v) is 9.34. The van der Waals surface area contributed by atoms with E-state index in [1.807, 2.05) is 18.2 Å². The van der Waals surface area contributed by atoms with Crippen LogP contribution in [0.4, 0.5) is 4.79 Å². The summed E-state index contributed by atoms with van der Waals surface area (Å²) in [4.78, 5) is 12.0. The molecule has 2 aromatic carbocycles. The van der Waals surface area contributed by atoms with E-state index in [4.69, 9.17) is 11.6 Å². The molecule has 0 spiro atoms. The number of carbonyl (C=O) groups excluding carboxylic acids is 1. The van der Waals surface area contributed by atoms with Crippen LogP contribution in [0.5, 0.6) is 0 Å². The summed E-state index contributed by atoms with van der Waals surface area (Å²) in [5, 5.41) is 6.81. The lowest BCUT2D eigenvalue weighted by Crippen LogP contribution is -2.47. The SMILES string of the molecule is CC(CCNC(=O)NC1CC(c2ccc(Cl)cc2)C1)c1ccccc1. The van der Waals surface area contributed by atoms with Gasteiger partial charge in [0.25, 0.3) is 0 Å². The summed E-state index contributed by atoms with van der Waals surface area (Å²) in [7, 11) is 0. The molecule has 132 valence electrons. The quantitative estimate of drug-likeness (QED) is 0.744. The van der Waals surface area contributed by atoms with Gasteiger partial charge in [-0.25, -0.2) is 4.79 Å². The summed E-state index contributed by atoms with van der Waals surface area (Å²) in [6.07, 6.45) is 2.93. The Bertz CT molecular complexity index is 681. The average Bonchev–Trinajstić information content (AvgIpc) is 2.59. The standard InChI is InChI=1S/C21H25ClN2O/c1-15(16-5-3-2-4-6-16)11-12-23-21(25)24-20-13-18(14-20)17-7-9-19(22)10-8-17/h2-10,15,18,20H,11-14H2,1H3,(H2,23,24,25). The van der Waals surface area contributed by atoms with Crippen molar-refractivity contribution in [2.75, 3.05) is 6.54 Å². The molecule has 1 aliphatic carbocycles. The van der Waals surface area contributed by atoms with Crippen molar-refractivity contribution in [3.63, 3.8) is 0 Å². The summed E-state index contributed by atoms with van der Waals surface area (Å²) in [6.45, 7) is 2.88. The highest BCUT2D eigenvalue weighted by Crippen LogP contribution is 2.37. The second kappa shape index (κ2) is 8.39. The number of urea groups is 1. The van der Waals surface area contributed by atoms with Crippen LogP contribution in [0, 0.1) is 0 Å². The summed E-state index contributed by atoms with van der Waals surface area (Å²) in [6, 6.07) is 18.6. The van der Waals surface area contributed by atoms with Gasteiger partial charge in [0.1, 0.15) is 0 Å². The molecule has 1 saturated carbocycles. The van der Waals surface area contributed by atoms with Gasteiger partial charge in [0.15, 0.2) is 0 Å². The van der Waals surface area contributed by atoms with Crippen LogP contribution < -0.4 is 10.6 Å². The van der Waals surface area contributed by atoms with E-state index >= 15 is 0 Å². The lowest BCUT2D eigenvalue weighted by molar-refractivity contribution is 0.222. The molecule has 1 fully saturated rings. The Morgan fingerprint density at radius 2 is 1.80 bits per heavy atom. The summed E-state index contributed by atoms with van der Waals surface area (Å²) >= 11 is 5.92. The molecule has 1 aliphatic rings. The van der Waals surface area contributed by atoms with Crippen molar-refractivity contribution in [2.45, 2.75) is 44.1 Å². The summed E-state index contributed by atoms with van der Waals surface area (Å²) in [5.74, 6) is 0.972. The number of amides is 2. The largest absolute Gasteiger partial charge is 0.338 e. The van der Waals surface area contributed by atoms with Crippen LogP contribution in [0.2, 0.25) is 5.02 Å². The first kappa shape index (κ1) is 17.8. The number of benzene rings is 2. The van der Waals surface area contributed by atoms with E-state index in [1.165, 1.54) is 11.1 Å². The maximum Gasteiger partial charge on any atom is 0.315 e. The average molecular weight is 357 g/mol. The van der Waals surface area contributed by atoms with Gasteiger partial charge in [0.2, 0.25) is 0 Å². The number of hydrogen-bond acceptors (Lipinski definition) is 1. The second-order valence-corrected chi connectivity index (χ2v) is 7.35. The Balaban J connectivity index is 1.33. The maximum absolute atomic E-state index is 12.0. The molecule has 3 nitrogen and oxygen atoms in total. The third-order valence-electron chi connectivity index (χ3n) is 5.05. The van der Waals surface area contributed by atoms with Crippen LogP contribution in [0.3, 0.4) is 0 Å². The highest BCUT2D eigenvalue weighted by Gasteiger charge is 2.31. The van der Waals surface area contributed by atoms with E-state index in [-0.39, 0.29) is 12.1 Å². The van der Waals surface area contributed by atoms with E-state index in [1.54, 1.807) is 0 Å². The van der Waals surface area contributed by atoms with Gasteiger partial charge in [-0.05, 0) is 54.4 Å². The molecular formula is C21H25ClN2O. The Morgan fingerprint density at radius 1 is 1.12 bits per heavy atom. The zero-order chi connectivity index (χ0) is 17.6. The van der Waals surface area contributed by atoms with Crippen molar-refractivity contribution in [1.29, 1.82) is 0 Å². The van der Waals surface area contributed by atoms with Gasteiger partial charge in [-0.3, -0.25) is 0 Å². The minimum atomic E-state index is -0.0557.